The lowest BCUT2D eigenvalue weighted by molar-refractivity contribution is 0.0508. The molecule has 16 heavy (non-hydrogen) atoms. The Morgan fingerprint density at radius 3 is 3.00 bits per heavy atom. The zero-order valence-electron chi connectivity index (χ0n) is 8.24. The number of aliphatic hydroxyl groups excluding tert-OH is 1. The third-order valence-electron chi connectivity index (χ3n) is 2.29. The number of nitrogens with zero attached hydrogens (tertiary/aromatic N) is 3. The van der Waals surface area contributed by atoms with Gasteiger partial charge in [-0.25, -0.2) is 9.78 Å². The number of hydrogen-bond donors (Lipinski definition) is 1. The van der Waals surface area contributed by atoms with E-state index in [0.29, 0.717) is 18.9 Å². The number of aliphatic hydroxyl groups is 1. The number of β-amino-alcohol motifs (C(OH)–C–C–N with tert-alkyl or cyclic N) is 1. The van der Waals surface area contributed by atoms with Crippen molar-refractivity contribution in [2.45, 2.75) is 6.10 Å². The molecule has 0 atom stereocenters. The van der Waals surface area contributed by atoms with Crippen LogP contribution in [0.5, 0.6) is 0 Å². The Morgan fingerprint density at radius 2 is 2.38 bits per heavy atom. The highest BCUT2D eigenvalue weighted by Gasteiger charge is 2.26. The molecule has 0 aromatic carbocycles. The number of hydrogen-bond acceptors (Lipinski definition) is 7. The van der Waals surface area contributed by atoms with Crippen LogP contribution < -0.4 is 4.90 Å². The van der Waals surface area contributed by atoms with E-state index in [1.165, 1.54) is 18.3 Å². The largest absolute Gasteiger partial charge is 0.389 e. The predicted octanol–water partition coefficient (Wildman–Crippen LogP) is 0.101. The fourth-order valence-electron chi connectivity index (χ4n) is 1.45. The minimum atomic E-state index is -0.820. The number of pyridine rings is 1. The van der Waals surface area contributed by atoms with Gasteiger partial charge < -0.3 is 10.0 Å². The zero-order valence-corrected chi connectivity index (χ0v) is 8.24. The lowest BCUT2D eigenvalue weighted by atomic mass is 10.1. The zero-order chi connectivity index (χ0) is 11.5. The first-order valence-corrected chi connectivity index (χ1v) is 4.64. The smallest absolute Gasteiger partial charge is 0.369 e. The lowest BCUT2D eigenvalue weighted by Crippen LogP contribution is -2.51. The normalized spacial score (nSPS) is 15.4. The van der Waals surface area contributed by atoms with Gasteiger partial charge >= 0.3 is 5.97 Å². The maximum Gasteiger partial charge on any atom is 0.369 e. The van der Waals surface area contributed by atoms with Crippen LogP contribution >= 0.6 is 0 Å². The summed E-state index contributed by atoms with van der Waals surface area (Å²) < 4.78 is 0. The van der Waals surface area contributed by atoms with Gasteiger partial charge in [0.2, 0.25) is 0 Å². The fraction of sp³-hybridized carbons (Fsp3) is 0.333. The Hall–Kier alpha value is -2.02. The van der Waals surface area contributed by atoms with Crippen LogP contribution in [0.4, 0.5) is 5.82 Å². The molecular formula is C9H9N3O4. The van der Waals surface area contributed by atoms with E-state index >= 15 is 0 Å². The Labute approximate surface area is 90.6 Å². The number of rotatable bonds is 3. The van der Waals surface area contributed by atoms with E-state index in [0.717, 1.165) is 0 Å². The quantitative estimate of drug-likeness (QED) is 0.577. The molecular weight excluding hydrogens is 214 g/mol. The molecule has 0 radical (unpaired) electrons. The van der Waals surface area contributed by atoms with E-state index < -0.39 is 5.97 Å². The lowest BCUT2D eigenvalue weighted by Gasteiger charge is -2.36. The summed E-state index contributed by atoms with van der Waals surface area (Å²) in [6.07, 6.45) is 1.08. The van der Waals surface area contributed by atoms with Crippen molar-refractivity contribution < 1.29 is 14.7 Å². The van der Waals surface area contributed by atoms with Gasteiger partial charge in [0.15, 0.2) is 5.34 Å². The summed E-state index contributed by atoms with van der Waals surface area (Å²) in [6.45, 7) is 0.967. The Kier molecular flexibility index (Phi) is 2.78. The first kappa shape index (κ1) is 10.5. The molecule has 0 saturated carbocycles. The maximum absolute atomic E-state index is 11.2. The van der Waals surface area contributed by atoms with Crippen molar-refractivity contribution in [3.63, 3.8) is 0 Å². The van der Waals surface area contributed by atoms with Crippen LogP contribution in [0, 0.1) is 4.91 Å². The van der Waals surface area contributed by atoms with Crippen LogP contribution in [0.1, 0.15) is 10.4 Å². The standard InChI is InChI=1S/C9H9N3O4/c13-7-4-12(5-7)8-3-6(1-2-10-8)9(14)16-11-15/h1-3,7,13H,4-5H2. The Balaban J connectivity index is 2.13. The van der Waals surface area contributed by atoms with Gasteiger partial charge in [-0.2, -0.15) is 0 Å². The third kappa shape index (κ3) is 1.98. The molecule has 0 unspecified atom stereocenters. The molecule has 1 aromatic rings. The molecule has 7 heteroatoms. The summed E-state index contributed by atoms with van der Waals surface area (Å²) in [5.74, 6) is -0.259. The van der Waals surface area contributed by atoms with E-state index in [9.17, 15) is 9.70 Å². The van der Waals surface area contributed by atoms with Crippen LogP contribution in [0.2, 0.25) is 0 Å². The predicted molar refractivity (Wildman–Crippen MR) is 53.7 cm³/mol. The highest BCUT2D eigenvalue weighted by molar-refractivity contribution is 5.90. The summed E-state index contributed by atoms with van der Waals surface area (Å²) in [6, 6.07) is 2.91. The van der Waals surface area contributed by atoms with Crippen LogP contribution in [0.25, 0.3) is 0 Å². The molecule has 0 amide bonds. The maximum atomic E-state index is 11.2. The van der Waals surface area contributed by atoms with Crippen molar-refractivity contribution in [2.24, 2.45) is 5.34 Å². The molecule has 84 valence electrons. The minimum absolute atomic E-state index is 0.200. The number of anilines is 1. The van der Waals surface area contributed by atoms with E-state index in [1.807, 2.05) is 0 Å². The van der Waals surface area contributed by atoms with Gasteiger partial charge in [0.25, 0.3) is 0 Å². The van der Waals surface area contributed by atoms with Gasteiger partial charge in [-0.05, 0) is 12.1 Å². The second-order valence-corrected chi connectivity index (χ2v) is 3.41. The van der Waals surface area contributed by atoms with Crippen LogP contribution in [0.3, 0.4) is 0 Å². The summed E-state index contributed by atoms with van der Waals surface area (Å²) in [7, 11) is 0. The van der Waals surface area contributed by atoms with Gasteiger partial charge in [0.1, 0.15) is 5.82 Å². The molecule has 1 aliphatic heterocycles. The first-order valence-electron chi connectivity index (χ1n) is 4.64. The molecule has 1 fully saturated rings. The molecule has 7 nitrogen and oxygen atoms in total. The first-order chi connectivity index (χ1) is 7.70. The van der Waals surface area contributed by atoms with Crippen molar-refractivity contribution in [3.05, 3.63) is 28.8 Å². The van der Waals surface area contributed by atoms with E-state index in [2.05, 4.69) is 15.2 Å². The van der Waals surface area contributed by atoms with Crippen LogP contribution in [-0.2, 0) is 4.84 Å². The molecule has 2 heterocycles. The topological polar surface area (TPSA) is 92.1 Å². The molecule has 0 spiro atoms. The Morgan fingerprint density at radius 1 is 1.62 bits per heavy atom. The highest BCUT2D eigenvalue weighted by Crippen LogP contribution is 2.19. The molecule has 1 saturated heterocycles. The third-order valence-corrected chi connectivity index (χ3v) is 2.29. The summed E-state index contributed by atoms with van der Waals surface area (Å²) in [5.41, 5.74) is 0.200. The molecule has 1 aliphatic rings. The fourth-order valence-corrected chi connectivity index (χ4v) is 1.45. The van der Waals surface area contributed by atoms with Gasteiger partial charge in [-0.15, -0.1) is 4.91 Å². The van der Waals surface area contributed by atoms with Crippen molar-refractivity contribution in [1.82, 2.24) is 4.98 Å². The van der Waals surface area contributed by atoms with E-state index in [1.54, 1.807) is 4.90 Å². The molecule has 2 rings (SSSR count). The van der Waals surface area contributed by atoms with Crippen molar-refractivity contribution >= 4 is 11.8 Å². The molecule has 0 bridgehead atoms. The van der Waals surface area contributed by atoms with Gasteiger partial charge in [0.05, 0.1) is 11.7 Å². The van der Waals surface area contributed by atoms with Crippen LogP contribution in [0.15, 0.2) is 23.7 Å². The average molecular weight is 223 g/mol. The van der Waals surface area contributed by atoms with Gasteiger partial charge in [-0.3, -0.25) is 4.84 Å². The van der Waals surface area contributed by atoms with Crippen molar-refractivity contribution in [1.29, 1.82) is 0 Å². The monoisotopic (exact) mass is 223 g/mol. The van der Waals surface area contributed by atoms with Gasteiger partial charge in [0, 0.05) is 19.3 Å². The second-order valence-electron chi connectivity index (χ2n) is 3.41. The van der Waals surface area contributed by atoms with E-state index in [4.69, 9.17) is 5.11 Å². The van der Waals surface area contributed by atoms with Crippen molar-refractivity contribution in [3.8, 4) is 0 Å². The van der Waals surface area contributed by atoms with E-state index in [-0.39, 0.29) is 11.7 Å². The second kappa shape index (κ2) is 4.23. The average Bonchev–Trinajstić information content (AvgIpc) is 2.25. The highest BCUT2D eigenvalue weighted by atomic mass is 16.7. The number of carbonyl (C=O) groups is 1. The summed E-state index contributed by atoms with van der Waals surface area (Å²) in [4.78, 5) is 30.8. The van der Waals surface area contributed by atoms with Crippen LogP contribution in [-0.4, -0.2) is 35.3 Å². The summed E-state index contributed by atoms with van der Waals surface area (Å²) in [5, 5.41) is 11.2. The molecule has 1 aromatic heterocycles. The molecule has 1 N–H and O–H groups in total. The number of aromatic nitrogens is 1. The molecule has 0 aliphatic carbocycles. The minimum Gasteiger partial charge on any atom is -0.389 e. The van der Waals surface area contributed by atoms with Crippen molar-refractivity contribution in [2.75, 3.05) is 18.0 Å². The SMILES string of the molecule is O=NOC(=O)c1ccnc(N2CC(O)C2)c1. The number of carbonyl (C=O) groups excluding carboxylic acids is 1. The Bertz CT molecular complexity index is 417. The van der Waals surface area contributed by atoms with Gasteiger partial charge in [-0.1, -0.05) is 0 Å². The summed E-state index contributed by atoms with van der Waals surface area (Å²) >= 11 is 0.